The van der Waals surface area contributed by atoms with Crippen molar-refractivity contribution in [2.24, 2.45) is 0 Å². The van der Waals surface area contributed by atoms with E-state index in [1.54, 1.807) is 11.6 Å². The number of nitrogens with one attached hydrogen (secondary N) is 1. The Morgan fingerprint density at radius 3 is 2.83 bits per heavy atom. The first-order valence-electron chi connectivity index (χ1n) is 7.14. The molecule has 0 saturated carbocycles. The van der Waals surface area contributed by atoms with Gasteiger partial charge in [-0.1, -0.05) is 6.07 Å². The SMILES string of the molecule is COc1cc(C(=O)O)ccc1CCNC(=O)CCc1cscn1. The first-order valence-corrected chi connectivity index (χ1v) is 8.08. The molecular weight excluding hydrogens is 316 g/mol. The second-order valence-corrected chi connectivity index (χ2v) is 5.63. The highest BCUT2D eigenvalue weighted by atomic mass is 32.1. The summed E-state index contributed by atoms with van der Waals surface area (Å²) in [5, 5.41) is 13.7. The second kappa shape index (κ2) is 8.28. The number of amides is 1. The molecule has 0 atom stereocenters. The number of carbonyl (C=O) groups excluding carboxylic acids is 1. The normalized spacial score (nSPS) is 10.3. The molecule has 1 aromatic carbocycles. The number of hydrogen-bond acceptors (Lipinski definition) is 5. The lowest BCUT2D eigenvalue weighted by Gasteiger charge is -2.10. The van der Waals surface area contributed by atoms with E-state index in [4.69, 9.17) is 9.84 Å². The van der Waals surface area contributed by atoms with Crippen molar-refractivity contribution in [3.8, 4) is 5.75 Å². The van der Waals surface area contributed by atoms with Gasteiger partial charge in [-0.15, -0.1) is 11.3 Å². The number of aromatic nitrogens is 1. The fourth-order valence-corrected chi connectivity index (χ4v) is 2.70. The highest BCUT2D eigenvalue weighted by Gasteiger charge is 2.09. The molecule has 0 unspecified atom stereocenters. The van der Waals surface area contributed by atoms with E-state index in [0.717, 1.165) is 11.3 Å². The largest absolute Gasteiger partial charge is 0.496 e. The summed E-state index contributed by atoms with van der Waals surface area (Å²) < 4.78 is 5.21. The van der Waals surface area contributed by atoms with Crippen molar-refractivity contribution in [2.45, 2.75) is 19.3 Å². The number of ether oxygens (including phenoxy) is 1. The molecule has 0 spiro atoms. The Hall–Kier alpha value is -2.41. The molecule has 6 nitrogen and oxygen atoms in total. The molecular formula is C16H18N2O4S. The third-order valence-electron chi connectivity index (χ3n) is 3.34. The fraction of sp³-hybridized carbons (Fsp3) is 0.312. The van der Waals surface area contributed by atoms with E-state index in [-0.39, 0.29) is 11.5 Å². The number of carbonyl (C=O) groups is 2. The molecule has 7 heteroatoms. The number of aromatic carboxylic acids is 1. The number of nitrogens with zero attached hydrogens (tertiary/aromatic N) is 1. The molecule has 2 aromatic rings. The molecule has 1 aromatic heterocycles. The summed E-state index contributed by atoms with van der Waals surface area (Å²) in [6.45, 7) is 0.471. The molecule has 1 amide bonds. The smallest absolute Gasteiger partial charge is 0.335 e. The van der Waals surface area contributed by atoms with Crippen LogP contribution < -0.4 is 10.1 Å². The van der Waals surface area contributed by atoms with Gasteiger partial charge in [-0.05, 0) is 30.5 Å². The van der Waals surface area contributed by atoms with Gasteiger partial charge < -0.3 is 15.2 Å². The van der Waals surface area contributed by atoms with Crippen LogP contribution in [0.1, 0.15) is 28.0 Å². The fourth-order valence-electron chi connectivity index (χ4n) is 2.11. The molecule has 1 heterocycles. The molecule has 23 heavy (non-hydrogen) atoms. The van der Waals surface area contributed by atoms with E-state index in [1.807, 2.05) is 5.38 Å². The number of thiazole rings is 1. The van der Waals surface area contributed by atoms with Gasteiger partial charge in [-0.3, -0.25) is 4.79 Å². The summed E-state index contributed by atoms with van der Waals surface area (Å²) in [6, 6.07) is 4.73. The Labute approximate surface area is 138 Å². The molecule has 0 bridgehead atoms. The van der Waals surface area contributed by atoms with E-state index in [0.29, 0.717) is 31.6 Å². The number of carboxylic acids is 1. The maximum absolute atomic E-state index is 11.8. The van der Waals surface area contributed by atoms with Crippen LogP contribution in [0.2, 0.25) is 0 Å². The zero-order chi connectivity index (χ0) is 16.7. The van der Waals surface area contributed by atoms with Gasteiger partial charge in [0.1, 0.15) is 5.75 Å². The van der Waals surface area contributed by atoms with Gasteiger partial charge in [0, 0.05) is 18.3 Å². The van der Waals surface area contributed by atoms with E-state index in [9.17, 15) is 9.59 Å². The number of aryl methyl sites for hydroxylation is 1. The van der Waals surface area contributed by atoms with Crippen LogP contribution in [0, 0.1) is 0 Å². The minimum absolute atomic E-state index is 0.0286. The number of carboxylic acid groups (broad SMARTS) is 1. The third-order valence-corrected chi connectivity index (χ3v) is 3.98. The van der Waals surface area contributed by atoms with E-state index < -0.39 is 5.97 Å². The van der Waals surface area contributed by atoms with Crippen molar-refractivity contribution in [3.63, 3.8) is 0 Å². The highest BCUT2D eigenvalue weighted by Crippen LogP contribution is 2.20. The van der Waals surface area contributed by atoms with E-state index >= 15 is 0 Å². The summed E-state index contributed by atoms with van der Waals surface area (Å²) in [6.07, 6.45) is 1.61. The molecule has 0 radical (unpaired) electrons. The molecule has 0 aliphatic heterocycles. The highest BCUT2D eigenvalue weighted by molar-refractivity contribution is 7.07. The van der Waals surface area contributed by atoms with Gasteiger partial charge >= 0.3 is 5.97 Å². The summed E-state index contributed by atoms with van der Waals surface area (Å²) in [7, 11) is 1.50. The van der Waals surface area contributed by atoms with E-state index in [1.165, 1.54) is 30.6 Å². The van der Waals surface area contributed by atoms with E-state index in [2.05, 4.69) is 10.3 Å². The van der Waals surface area contributed by atoms with Crippen molar-refractivity contribution in [1.82, 2.24) is 10.3 Å². The number of methoxy groups -OCH3 is 1. The monoisotopic (exact) mass is 334 g/mol. The summed E-state index contributed by atoms with van der Waals surface area (Å²) >= 11 is 1.52. The maximum atomic E-state index is 11.8. The lowest BCUT2D eigenvalue weighted by molar-refractivity contribution is -0.121. The molecule has 2 N–H and O–H groups in total. The molecule has 0 fully saturated rings. The van der Waals surface area contributed by atoms with Crippen LogP contribution in [0.3, 0.4) is 0 Å². The van der Waals surface area contributed by atoms with Crippen LogP contribution in [-0.2, 0) is 17.6 Å². The zero-order valence-electron chi connectivity index (χ0n) is 12.7. The van der Waals surface area contributed by atoms with Gasteiger partial charge in [-0.2, -0.15) is 0 Å². The Morgan fingerprint density at radius 1 is 1.35 bits per heavy atom. The Bertz CT molecular complexity index is 671. The first kappa shape index (κ1) is 17.0. The summed E-state index contributed by atoms with van der Waals surface area (Å²) in [5.74, 6) is -0.508. The second-order valence-electron chi connectivity index (χ2n) is 4.91. The predicted octanol–water partition coefficient (Wildman–Crippen LogP) is 2.14. The summed E-state index contributed by atoms with van der Waals surface area (Å²) in [5.41, 5.74) is 3.71. The van der Waals surface area contributed by atoms with Crippen LogP contribution in [0.15, 0.2) is 29.1 Å². The van der Waals surface area contributed by atoms with Gasteiger partial charge in [0.15, 0.2) is 0 Å². The molecule has 122 valence electrons. The Balaban J connectivity index is 1.81. The van der Waals surface area contributed by atoms with Crippen LogP contribution in [0.4, 0.5) is 0 Å². The lowest BCUT2D eigenvalue weighted by Crippen LogP contribution is -2.26. The number of hydrogen-bond donors (Lipinski definition) is 2. The Morgan fingerprint density at radius 2 is 2.17 bits per heavy atom. The van der Waals surface area contributed by atoms with Crippen molar-refractivity contribution in [2.75, 3.05) is 13.7 Å². The quantitative estimate of drug-likeness (QED) is 0.772. The summed E-state index contributed by atoms with van der Waals surface area (Å²) in [4.78, 5) is 26.9. The van der Waals surface area contributed by atoms with Gasteiger partial charge in [0.25, 0.3) is 0 Å². The molecule has 0 saturated heterocycles. The van der Waals surface area contributed by atoms with Gasteiger partial charge in [0.05, 0.1) is 23.9 Å². The topological polar surface area (TPSA) is 88.5 Å². The average molecular weight is 334 g/mol. The van der Waals surface area contributed by atoms with Crippen molar-refractivity contribution in [1.29, 1.82) is 0 Å². The first-order chi connectivity index (χ1) is 11.1. The Kier molecular flexibility index (Phi) is 6.10. The standard InChI is InChI=1S/C16H18N2O4S/c1-22-14-8-12(16(20)21)3-2-11(14)6-7-17-15(19)5-4-13-9-23-10-18-13/h2-3,8-10H,4-7H2,1H3,(H,17,19)(H,20,21). The van der Waals surface area contributed by atoms with Crippen LogP contribution in [0.25, 0.3) is 0 Å². The van der Waals surface area contributed by atoms with Crippen molar-refractivity contribution in [3.05, 3.63) is 45.9 Å². The third kappa shape index (κ3) is 5.07. The van der Waals surface area contributed by atoms with Crippen LogP contribution in [-0.4, -0.2) is 35.6 Å². The van der Waals surface area contributed by atoms with Crippen LogP contribution in [0.5, 0.6) is 5.75 Å². The molecule has 2 rings (SSSR count). The minimum atomic E-state index is -0.995. The van der Waals surface area contributed by atoms with Crippen molar-refractivity contribution >= 4 is 23.2 Å². The molecule has 0 aliphatic rings. The van der Waals surface area contributed by atoms with Gasteiger partial charge in [-0.25, -0.2) is 9.78 Å². The minimum Gasteiger partial charge on any atom is -0.496 e. The maximum Gasteiger partial charge on any atom is 0.335 e. The molecule has 0 aliphatic carbocycles. The predicted molar refractivity (Wildman–Crippen MR) is 87.1 cm³/mol. The van der Waals surface area contributed by atoms with Crippen LogP contribution >= 0.6 is 11.3 Å². The number of benzene rings is 1. The number of rotatable bonds is 8. The average Bonchev–Trinajstić information content (AvgIpc) is 3.06. The van der Waals surface area contributed by atoms with Gasteiger partial charge in [0.2, 0.25) is 5.91 Å². The van der Waals surface area contributed by atoms with Crippen molar-refractivity contribution < 1.29 is 19.4 Å². The lowest BCUT2D eigenvalue weighted by atomic mass is 10.1. The zero-order valence-corrected chi connectivity index (χ0v) is 13.6.